The van der Waals surface area contributed by atoms with Gasteiger partial charge in [0.1, 0.15) is 11.6 Å². The van der Waals surface area contributed by atoms with Gasteiger partial charge in [-0.3, -0.25) is 9.59 Å². The summed E-state index contributed by atoms with van der Waals surface area (Å²) in [4.78, 5) is 26.0. The van der Waals surface area contributed by atoms with Crippen LogP contribution in [-0.2, 0) is 22.4 Å². The van der Waals surface area contributed by atoms with E-state index in [0.29, 0.717) is 60.8 Å². The molecule has 0 aromatic heterocycles. The number of hydrogen-bond acceptors (Lipinski definition) is 6. The highest BCUT2D eigenvalue weighted by Crippen LogP contribution is 2.31. The number of hydrogen-bond donors (Lipinski definition) is 0. The number of carbonyl (C=O) groups is 2. The molecule has 2 aromatic rings. The topological polar surface area (TPSA) is 71.1 Å². The molecular formula is C29H38Cl2O6. The summed E-state index contributed by atoms with van der Waals surface area (Å²) >= 11 is 11.4. The van der Waals surface area contributed by atoms with Crippen LogP contribution in [0.15, 0.2) is 36.4 Å². The smallest absolute Gasteiger partial charge is 0.161 e. The minimum atomic E-state index is -1.07. The van der Waals surface area contributed by atoms with Crippen molar-refractivity contribution in [3.63, 3.8) is 0 Å². The van der Waals surface area contributed by atoms with Crippen molar-refractivity contribution in [2.45, 2.75) is 52.4 Å². The Morgan fingerprint density at radius 1 is 0.703 bits per heavy atom. The first kappa shape index (κ1) is 30.8. The van der Waals surface area contributed by atoms with Gasteiger partial charge in [0.05, 0.1) is 32.8 Å². The fourth-order valence-electron chi connectivity index (χ4n) is 3.74. The van der Waals surface area contributed by atoms with Gasteiger partial charge >= 0.3 is 0 Å². The molecule has 0 aliphatic carbocycles. The Morgan fingerprint density at radius 2 is 1.11 bits per heavy atom. The van der Waals surface area contributed by atoms with Gasteiger partial charge in [0.25, 0.3) is 0 Å². The number of alkyl halides is 2. The Hall–Kier alpha value is -2.44. The van der Waals surface area contributed by atoms with E-state index < -0.39 is 5.41 Å². The van der Waals surface area contributed by atoms with Crippen LogP contribution >= 0.6 is 23.2 Å². The summed E-state index contributed by atoms with van der Waals surface area (Å²) in [7, 11) is 3.16. The van der Waals surface area contributed by atoms with Crippen LogP contribution < -0.4 is 18.9 Å². The Morgan fingerprint density at radius 3 is 1.46 bits per heavy atom. The second-order valence-corrected chi connectivity index (χ2v) is 9.98. The zero-order valence-corrected chi connectivity index (χ0v) is 23.8. The number of rotatable bonds is 18. The molecule has 0 aliphatic heterocycles. The second kappa shape index (κ2) is 15.7. The maximum absolute atomic E-state index is 13.0. The van der Waals surface area contributed by atoms with Crippen molar-refractivity contribution in [2.24, 2.45) is 5.41 Å². The zero-order chi connectivity index (χ0) is 27.3. The first-order valence-corrected chi connectivity index (χ1v) is 13.6. The molecule has 0 aliphatic rings. The maximum Gasteiger partial charge on any atom is 0.161 e. The van der Waals surface area contributed by atoms with Crippen LogP contribution in [0.5, 0.6) is 23.0 Å². The number of benzene rings is 2. The minimum Gasteiger partial charge on any atom is -0.493 e. The van der Waals surface area contributed by atoms with Crippen LogP contribution in [0.1, 0.15) is 50.7 Å². The average Bonchev–Trinajstić information content (AvgIpc) is 2.91. The highest BCUT2D eigenvalue weighted by Gasteiger charge is 2.34. The quantitative estimate of drug-likeness (QED) is 0.120. The number of ketones is 2. The molecule has 2 aromatic carbocycles. The highest BCUT2D eigenvalue weighted by atomic mass is 35.5. The van der Waals surface area contributed by atoms with E-state index in [9.17, 15) is 9.59 Å². The maximum atomic E-state index is 13.0. The average molecular weight is 554 g/mol. The molecule has 0 heterocycles. The Kier molecular flexibility index (Phi) is 13.1. The lowest BCUT2D eigenvalue weighted by atomic mass is 9.79. The molecular weight excluding hydrogens is 515 g/mol. The minimum absolute atomic E-state index is 0.0838. The highest BCUT2D eigenvalue weighted by molar-refractivity contribution is 6.18. The van der Waals surface area contributed by atoms with E-state index in [1.54, 1.807) is 28.1 Å². The SMILES string of the molecule is COc1cc(CCC(=O)C(C)(C)C(=O)CCc2ccc(OCCCCl)c(OC)c2)ccc1OCCCCl. The Bertz CT molecular complexity index is 942. The number of aryl methyl sites for hydroxylation is 2. The van der Waals surface area contributed by atoms with Crippen molar-refractivity contribution in [3.05, 3.63) is 47.5 Å². The van der Waals surface area contributed by atoms with Gasteiger partial charge in [-0.2, -0.15) is 0 Å². The van der Waals surface area contributed by atoms with E-state index in [2.05, 4.69) is 0 Å². The third-order valence-electron chi connectivity index (χ3n) is 6.20. The van der Waals surface area contributed by atoms with Crippen molar-refractivity contribution in [3.8, 4) is 23.0 Å². The summed E-state index contributed by atoms with van der Waals surface area (Å²) < 4.78 is 22.3. The number of halogens is 2. The van der Waals surface area contributed by atoms with Crippen molar-refractivity contribution < 1.29 is 28.5 Å². The third-order valence-corrected chi connectivity index (χ3v) is 6.74. The number of Topliss-reactive ketones (excluding diaryl/α,β-unsaturated/α-hetero) is 2. The van der Waals surface area contributed by atoms with Crippen LogP contribution in [0.3, 0.4) is 0 Å². The number of carbonyl (C=O) groups excluding carboxylic acids is 2. The third kappa shape index (κ3) is 9.42. The fourth-order valence-corrected chi connectivity index (χ4v) is 3.96. The van der Waals surface area contributed by atoms with Crippen LogP contribution in [0.4, 0.5) is 0 Å². The van der Waals surface area contributed by atoms with Crippen molar-refractivity contribution in [1.82, 2.24) is 0 Å². The molecule has 37 heavy (non-hydrogen) atoms. The predicted octanol–water partition coefficient (Wildman–Crippen LogP) is 6.45. The van der Waals surface area contributed by atoms with E-state index in [1.807, 2.05) is 36.4 Å². The number of ether oxygens (including phenoxy) is 4. The van der Waals surface area contributed by atoms with Gasteiger partial charge in [-0.05, 0) is 74.9 Å². The monoisotopic (exact) mass is 552 g/mol. The summed E-state index contributed by atoms with van der Waals surface area (Å²) in [6.07, 6.45) is 3.03. The molecule has 204 valence electrons. The van der Waals surface area contributed by atoms with Gasteiger partial charge in [0.2, 0.25) is 0 Å². The van der Waals surface area contributed by atoms with Gasteiger partial charge in [0, 0.05) is 24.6 Å². The molecule has 2 rings (SSSR count). The molecule has 0 radical (unpaired) electrons. The predicted molar refractivity (Wildman–Crippen MR) is 148 cm³/mol. The summed E-state index contributed by atoms with van der Waals surface area (Å²) in [5, 5.41) is 0. The Balaban J connectivity index is 1.93. The first-order chi connectivity index (χ1) is 17.8. The lowest BCUT2D eigenvalue weighted by molar-refractivity contribution is -0.138. The second-order valence-electron chi connectivity index (χ2n) is 9.22. The molecule has 6 nitrogen and oxygen atoms in total. The number of methoxy groups -OCH3 is 2. The molecule has 0 saturated heterocycles. The van der Waals surface area contributed by atoms with Gasteiger partial charge in [-0.15, -0.1) is 23.2 Å². The van der Waals surface area contributed by atoms with E-state index in [0.717, 1.165) is 24.0 Å². The van der Waals surface area contributed by atoms with Gasteiger partial charge in [-0.1, -0.05) is 12.1 Å². The summed E-state index contributed by atoms with van der Waals surface area (Å²) in [6.45, 7) is 4.43. The normalized spacial score (nSPS) is 11.2. The molecule has 0 amide bonds. The van der Waals surface area contributed by atoms with E-state index in [4.69, 9.17) is 42.1 Å². The van der Waals surface area contributed by atoms with Gasteiger partial charge in [-0.25, -0.2) is 0 Å². The molecule has 0 atom stereocenters. The van der Waals surface area contributed by atoms with Crippen LogP contribution in [-0.4, -0.2) is 50.8 Å². The molecule has 0 fully saturated rings. The fraction of sp³-hybridized carbons (Fsp3) is 0.517. The lowest BCUT2D eigenvalue weighted by Gasteiger charge is -2.22. The van der Waals surface area contributed by atoms with Crippen molar-refractivity contribution in [1.29, 1.82) is 0 Å². The van der Waals surface area contributed by atoms with E-state index in [-0.39, 0.29) is 24.4 Å². The largest absolute Gasteiger partial charge is 0.493 e. The Labute approximate surface area is 230 Å². The summed E-state index contributed by atoms with van der Waals surface area (Å²) in [5.74, 6) is 3.40. The van der Waals surface area contributed by atoms with E-state index in [1.165, 1.54) is 0 Å². The molecule has 0 bridgehead atoms. The van der Waals surface area contributed by atoms with Crippen molar-refractivity contribution >= 4 is 34.8 Å². The van der Waals surface area contributed by atoms with Gasteiger partial charge in [0.15, 0.2) is 23.0 Å². The molecule has 0 N–H and O–H groups in total. The van der Waals surface area contributed by atoms with Crippen LogP contribution in [0.25, 0.3) is 0 Å². The van der Waals surface area contributed by atoms with E-state index >= 15 is 0 Å². The van der Waals surface area contributed by atoms with Crippen LogP contribution in [0.2, 0.25) is 0 Å². The van der Waals surface area contributed by atoms with Crippen molar-refractivity contribution in [2.75, 3.05) is 39.2 Å². The summed E-state index contributed by atoms with van der Waals surface area (Å²) in [5.41, 5.74) is 0.820. The molecule has 8 heteroatoms. The first-order valence-electron chi connectivity index (χ1n) is 12.5. The van der Waals surface area contributed by atoms with Gasteiger partial charge < -0.3 is 18.9 Å². The van der Waals surface area contributed by atoms with Crippen LogP contribution in [0, 0.1) is 5.41 Å². The summed E-state index contributed by atoms with van der Waals surface area (Å²) in [6, 6.07) is 11.2. The lowest BCUT2D eigenvalue weighted by Crippen LogP contribution is -2.34. The molecule has 0 unspecified atom stereocenters. The zero-order valence-electron chi connectivity index (χ0n) is 22.2. The molecule has 0 spiro atoms. The molecule has 0 saturated carbocycles. The standard InChI is InChI=1S/C29H38Cl2O6/c1-29(2,27(32)13-9-21-7-11-23(25(19-21)34-3)36-17-5-15-30)28(33)14-10-22-8-12-24(26(20-22)35-4)37-18-6-16-31/h7-8,11-12,19-20H,5-6,9-10,13-18H2,1-4H3.